The molecule has 0 aromatic heterocycles. The van der Waals surface area contributed by atoms with E-state index < -0.39 is 15.9 Å². The highest BCUT2D eigenvalue weighted by Gasteiger charge is 2.22. The molecule has 3 aromatic carbocycles. The third-order valence-corrected chi connectivity index (χ3v) is 6.49. The van der Waals surface area contributed by atoms with Crippen LogP contribution in [0.15, 0.2) is 77.7 Å². The first-order chi connectivity index (χ1) is 13.3. The summed E-state index contributed by atoms with van der Waals surface area (Å²) in [5.74, 6) is -0.417. The zero-order chi connectivity index (χ0) is 20.3. The minimum Gasteiger partial charge on any atom is -0.322 e. The van der Waals surface area contributed by atoms with E-state index in [9.17, 15) is 13.2 Å². The van der Waals surface area contributed by atoms with Crippen molar-refractivity contribution in [2.45, 2.75) is 11.8 Å². The predicted molar refractivity (Wildman–Crippen MR) is 113 cm³/mol. The zero-order valence-electron chi connectivity index (χ0n) is 15.4. The van der Waals surface area contributed by atoms with Crippen LogP contribution >= 0.6 is 11.6 Å². The maximum atomic E-state index is 12.9. The number of carbonyl (C=O) groups excluding carboxylic acids is 1. The van der Waals surface area contributed by atoms with Crippen LogP contribution in [0.3, 0.4) is 0 Å². The standard InChI is InChI=1S/C21H19ClN2O3S/c1-15-11-12-17(14-20(15)22)23-21(25)16-7-6-10-19(13-16)28(26,27)24(2)18-8-4-3-5-9-18/h3-14H,1-2H3,(H,23,25). The second-order valence-corrected chi connectivity index (χ2v) is 8.63. The van der Waals surface area contributed by atoms with Crippen LogP contribution < -0.4 is 9.62 Å². The fourth-order valence-corrected chi connectivity index (χ4v) is 4.03. The lowest BCUT2D eigenvalue weighted by molar-refractivity contribution is 0.102. The first kappa shape index (κ1) is 19.9. The van der Waals surface area contributed by atoms with Gasteiger partial charge in [0.15, 0.2) is 0 Å². The van der Waals surface area contributed by atoms with E-state index in [1.807, 2.05) is 13.0 Å². The van der Waals surface area contributed by atoms with Crippen molar-refractivity contribution in [3.63, 3.8) is 0 Å². The molecule has 0 aliphatic carbocycles. The van der Waals surface area contributed by atoms with Gasteiger partial charge >= 0.3 is 0 Å². The maximum absolute atomic E-state index is 12.9. The van der Waals surface area contributed by atoms with Crippen LogP contribution in [0.25, 0.3) is 0 Å². The number of rotatable bonds is 5. The molecule has 0 radical (unpaired) electrons. The van der Waals surface area contributed by atoms with Crippen molar-refractivity contribution in [3.05, 3.63) is 88.9 Å². The molecule has 7 heteroatoms. The Kier molecular flexibility index (Phi) is 5.72. The Labute approximate surface area is 169 Å². The Hall–Kier alpha value is -2.83. The number of benzene rings is 3. The summed E-state index contributed by atoms with van der Waals surface area (Å²) in [6.07, 6.45) is 0. The summed E-state index contributed by atoms with van der Waals surface area (Å²) < 4.78 is 27.0. The minimum absolute atomic E-state index is 0.0356. The first-order valence-corrected chi connectivity index (χ1v) is 10.3. The molecule has 0 saturated carbocycles. The van der Waals surface area contributed by atoms with Crippen molar-refractivity contribution in [2.75, 3.05) is 16.7 Å². The van der Waals surface area contributed by atoms with E-state index in [2.05, 4.69) is 5.32 Å². The van der Waals surface area contributed by atoms with E-state index in [-0.39, 0.29) is 10.5 Å². The molecule has 0 saturated heterocycles. The summed E-state index contributed by atoms with van der Waals surface area (Å²) in [4.78, 5) is 12.6. The van der Waals surface area contributed by atoms with Crippen LogP contribution in [0.2, 0.25) is 5.02 Å². The lowest BCUT2D eigenvalue weighted by atomic mass is 10.2. The molecule has 0 bridgehead atoms. The number of amides is 1. The van der Waals surface area contributed by atoms with Crippen LogP contribution in [0, 0.1) is 6.92 Å². The molecule has 0 fully saturated rings. The number of aryl methyl sites for hydroxylation is 1. The van der Waals surface area contributed by atoms with Gasteiger partial charge in [0.05, 0.1) is 10.6 Å². The highest BCUT2D eigenvalue weighted by Crippen LogP contribution is 2.23. The van der Waals surface area contributed by atoms with Crippen LogP contribution in [-0.4, -0.2) is 21.4 Å². The molecule has 1 amide bonds. The molecule has 3 aromatic rings. The highest BCUT2D eigenvalue weighted by molar-refractivity contribution is 7.92. The maximum Gasteiger partial charge on any atom is 0.264 e. The summed E-state index contributed by atoms with van der Waals surface area (Å²) in [7, 11) is -2.32. The van der Waals surface area contributed by atoms with E-state index in [0.717, 1.165) is 5.56 Å². The molecule has 28 heavy (non-hydrogen) atoms. The minimum atomic E-state index is -3.80. The van der Waals surface area contributed by atoms with Crippen molar-refractivity contribution in [2.24, 2.45) is 0 Å². The monoisotopic (exact) mass is 414 g/mol. The summed E-state index contributed by atoms with van der Waals surface area (Å²) in [6.45, 7) is 1.87. The molecule has 0 heterocycles. The number of halogens is 1. The van der Waals surface area contributed by atoms with Gasteiger partial charge in [0.2, 0.25) is 0 Å². The largest absolute Gasteiger partial charge is 0.322 e. The van der Waals surface area contributed by atoms with E-state index in [1.165, 1.54) is 23.5 Å². The van der Waals surface area contributed by atoms with Gasteiger partial charge in [0, 0.05) is 23.3 Å². The number of hydrogen-bond donors (Lipinski definition) is 1. The number of hydrogen-bond acceptors (Lipinski definition) is 3. The van der Waals surface area contributed by atoms with Crippen LogP contribution in [0.4, 0.5) is 11.4 Å². The van der Waals surface area contributed by atoms with Gasteiger partial charge in [0.25, 0.3) is 15.9 Å². The van der Waals surface area contributed by atoms with E-state index in [1.54, 1.807) is 54.6 Å². The summed E-state index contributed by atoms with van der Waals surface area (Å²) in [5, 5.41) is 3.27. The van der Waals surface area contributed by atoms with Crippen LogP contribution in [0.1, 0.15) is 15.9 Å². The Morgan fingerprint density at radius 3 is 2.36 bits per heavy atom. The van der Waals surface area contributed by atoms with Gasteiger partial charge in [-0.1, -0.05) is 41.9 Å². The lowest BCUT2D eigenvalue weighted by Gasteiger charge is -2.19. The topological polar surface area (TPSA) is 66.5 Å². The van der Waals surface area contributed by atoms with Crippen molar-refractivity contribution >= 4 is 38.9 Å². The molecular formula is C21H19ClN2O3S. The summed E-state index contributed by atoms with van der Waals surface area (Å²) in [5.41, 5.74) is 2.21. The van der Waals surface area contributed by atoms with E-state index in [4.69, 9.17) is 11.6 Å². The molecule has 0 spiro atoms. The highest BCUT2D eigenvalue weighted by atomic mass is 35.5. The first-order valence-electron chi connectivity index (χ1n) is 8.50. The Bertz CT molecular complexity index is 1120. The third-order valence-electron chi connectivity index (χ3n) is 4.30. The Morgan fingerprint density at radius 1 is 0.964 bits per heavy atom. The van der Waals surface area contributed by atoms with Crippen LogP contribution in [-0.2, 0) is 10.0 Å². The molecule has 0 atom stereocenters. The fourth-order valence-electron chi connectivity index (χ4n) is 2.61. The molecular weight excluding hydrogens is 396 g/mol. The summed E-state index contributed by atoms with van der Waals surface area (Å²) >= 11 is 6.09. The molecule has 144 valence electrons. The quantitative estimate of drug-likeness (QED) is 0.656. The van der Waals surface area contributed by atoms with E-state index in [0.29, 0.717) is 16.4 Å². The van der Waals surface area contributed by atoms with Crippen molar-refractivity contribution in [3.8, 4) is 0 Å². The van der Waals surface area contributed by atoms with E-state index >= 15 is 0 Å². The smallest absolute Gasteiger partial charge is 0.264 e. The van der Waals surface area contributed by atoms with Gasteiger partial charge in [-0.05, 0) is 55.0 Å². The molecule has 1 N–H and O–H groups in total. The zero-order valence-corrected chi connectivity index (χ0v) is 17.0. The molecule has 5 nitrogen and oxygen atoms in total. The average Bonchev–Trinajstić information content (AvgIpc) is 2.71. The lowest BCUT2D eigenvalue weighted by Crippen LogP contribution is -2.26. The van der Waals surface area contributed by atoms with Crippen molar-refractivity contribution < 1.29 is 13.2 Å². The van der Waals surface area contributed by atoms with Gasteiger partial charge in [-0.25, -0.2) is 8.42 Å². The second kappa shape index (κ2) is 8.04. The number of anilines is 2. The molecule has 0 aliphatic heterocycles. The Balaban J connectivity index is 1.87. The number of carbonyl (C=O) groups is 1. The van der Waals surface area contributed by atoms with Crippen molar-refractivity contribution in [1.29, 1.82) is 0 Å². The predicted octanol–water partition coefficient (Wildman–Crippen LogP) is 4.73. The molecule has 3 rings (SSSR count). The molecule has 0 aliphatic rings. The number of nitrogens with one attached hydrogen (secondary N) is 1. The van der Waals surface area contributed by atoms with Gasteiger partial charge < -0.3 is 5.32 Å². The van der Waals surface area contributed by atoms with Crippen LogP contribution in [0.5, 0.6) is 0 Å². The number of para-hydroxylation sites is 1. The molecule has 0 unspecified atom stereocenters. The van der Waals surface area contributed by atoms with Gasteiger partial charge in [-0.15, -0.1) is 0 Å². The second-order valence-electron chi connectivity index (χ2n) is 6.25. The van der Waals surface area contributed by atoms with Gasteiger partial charge in [0.1, 0.15) is 0 Å². The normalized spacial score (nSPS) is 11.1. The number of sulfonamides is 1. The van der Waals surface area contributed by atoms with Crippen molar-refractivity contribution in [1.82, 2.24) is 0 Å². The Morgan fingerprint density at radius 2 is 1.68 bits per heavy atom. The van der Waals surface area contributed by atoms with Gasteiger partial charge in [-0.3, -0.25) is 9.10 Å². The van der Waals surface area contributed by atoms with Gasteiger partial charge in [-0.2, -0.15) is 0 Å². The average molecular weight is 415 g/mol. The number of nitrogens with zero attached hydrogens (tertiary/aromatic N) is 1. The summed E-state index contributed by atoms with van der Waals surface area (Å²) in [6, 6.07) is 19.9. The third kappa shape index (κ3) is 4.18. The fraction of sp³-hybridized carbons (Fsp3) is 0.0952. The SMILES string of the molecule is Cc1ccc(NC(=O)c2cccc(S(=O)(=O)N(C)c3ccccc3)c2)cc1Cl.